The van der Waals surface area contributed by atoms with Gasteiger partial charge in [-0.2, -0.15) is 10.5 Å². The minimum atomic E-state index is -0.0176. The zero-order chi connectivity index (χ0) is 16.9. The number of hydrogen-bond donors (Lipinski definition) is 1. The van der Waals surface area contributed by atoms with Crippen molar-refractivity contribution in [3.63, 3.8) is 0 Å². The predicted octanol–water partition coefficient (Wildman–Crippen LogP) is 4.10. The van der Waals surface area contributed by atoms with Crippen molar-refractivity contribution in [2.75, 3.05) is 19.6 Å². The maximum atomic E-state index is 9.25. The zero-order valence-corrected chi connectivity index (χ0v) is 14.3. The van der Waals surface area contributed by atoms with E-state index in [0.29, 0.717) is 18.8 Å². The number of aromatic nitrogens is 1. The molecule has 24 heavy (non-hydrogen) atoms. The molecule has 1 fully saturated rings. The van der Waals surface area contributed by atoms with Crippen LogP contribution in [0.3, 0.4) is 0 Å². The molecule has 1 unspecified atom stereocenters. The number of piperidine rings is 1. The first kappa shape index (κ1) is 16.6. The van der Waals surface area contributed by atoms with Crippen LogP contribution in [0.2, 0.25) is 0 Å². The van der Waals surface area contributed by atoms with E-state index in [0.717, 1.165) is 32.5 Å². The molecule has 4 nitrogen and oxygen atoms in total. The number of nitrogens with one attached hydrogen (secondary N) is 1. The lowest BCUT2D eigenvalue weighted by Gasteiger charge is -2.33. The van der Waals surface area contributed by atoms with E-state index >= 15 is 0 Å². The van der Waals surface area contributed by atoms with E-state index in [1.165, 1.54) is 22.2 Å². The van der Waals surface area contributed by atoms with Crippen molar-refractivity contribution in [2.24, 2.45) is 5.92 Å². The highest BCUT2D eigenvalue weighted by atomic mass is 15.1. The lowest BCUT2D eigenvalue weighted by Crippen LogP contribution is -2.36. The first-order chi connectivity index (χ1) is 11.7. The van der Waals surface area contributed by atoms with E-state index in [-0.39, 0.29) is 5.92 Å². The zero-order valence-electron chi connectivity index (χ0n) is 14.3. The first-order valence-corrected chi connectivity index (χ1v) is 8.79. The van der Waals surface area contributed by atoms with E-state index in [4.69, 9.17) is 5.26 Å². The molecule has 0 amide bonds. The van der Waals surface area contributed by atoms with Crippen LogP contribution in [-0.4, -0.2) is 29.5 Å². The van der Waals surface area contributed by atoms with Crippen molar-refractivity contribution in [2.45, 2.75) is 38.5 Å². The van der Waals surface area contributed by atoms with Gasteiger partial charge in [-0.15, -0.1) is 0 Å². The van der Waals surface area contributed by atoms with Crippen molar-refractivity contribution in [1.82, 2.24) is 9.88 Å². The fourth-order valence-corrected chi connectivity index (χ4v) is 3.98. The molecule has 124 valence electrons. The Bertz CT molecular complexity index is 769. The number of para-hydroxylation sites is 1. The molecular formula is C20H24N4. The molecular weight excluding hydrogens is 296 g/mol. The van der Waals surface area contributed by atoms with E-state index < -0.39 is 0 Å². The third-order valence-electron chi connectivity index (χ3n) is 5.20. The van der Waals surface area contributed by atoms with Gasteiger partial charge in [-0.1, -0.05) is 18.2 Å². The van der Waals surface area contributed by atoms with Crippen molar-refractivity contribution < 1.29 is 0 Å². The van der Waals surface area contributed by atoms with Gasteiger partial charge in [0, 0.05) is 29.6 Å². The molecule has 1 aromatic carbocycles. The van der Waals surface area contributed by atoms with Crippen LogP contribution in [0, 0.1) is 35.5 Å². The fraction of sp³-hybridized carbons (Fsp3) is 0.500. The van der Waals surface area contributed by atoms with E-state index in [1.807, 2.05) is 0 Å². The van der Waals surface area contributed by atoms with Gasteiger partial charge in [0.1, 0.15) is 0 Å². The maximum absolute atomic E-state index is 9.25. The minimum Gasteiger partial charge on any atom is -0.358 e. The number of nitriles is 2. The summed E-state index contributed by atoms with van der Waals surface area (Å²) in [4.78, 5) is 5.91. The number of aromatic amines is 1. The third kappa shape index (κ3) is 3.45. The Morgan fingerprint density at radius 1 is 1.25 bits per heavy atom. The molecule has 0 saturated carbocycles. The number of rotatable bonds is 5. The van der Waals surface area contributed by atoms with Crippen molar-refractivity contribution in [3.8, 4) is 12.1 Å². The molecule has 2 heterocycles. The first-order valence-electron chi connectivity index (χ1n) is 8.79. The van der Waals surface area contributed by atoms with Crippen LogP contribution in [0.15, 0.2) is 24.3 Å². The summed E-state index contributed by atoms with van der Waals surface area (Å²) in [5, 5.41) is 19.3. The summed E-state index contributed by atoms with van der Waals surface area (Å²) < 4.78 is 0. The number of aryl methyl sites for hydroxylation is 1. The standard InChI is InChI=1S/C20H24N4/c1-15-20(18-6-2-3-7-19(18)23-15)17-8-11-24(12-9-17)14-16(13-22)5-4-10-21/h2-3,6-7,16-17,23H,4-5,8-9,11-12,14H2,1H3. The van der Waals surface area contributed by atoms with Gasteiger partial charge >= 0.3 is 0 Å². The molecule has 0 aliphatic carbocycles. The summed E-state index contributed by atoms with van der Waals surface area (Å²) in [6, 6.07) is 13.1. The fourth-order valence-electron chi connectivity index (χ4n) is 3.98. The van der Waals surface area contributed by atoms with Crippen molar-refractivity contribution >= 4 is 10.9 Å². The molecule has 1 N–H and O–H groups in total. The molecule has 0 radical (unpaired) electrons. The van der Waals surface area contributed by atoms with Gasteiger partial charge in [-0.25, -0.2) is 0 Å². The summed E-state index contributed by atoms with van der Waals surface area (Å²) >= 11 is 0. The summed E-state index contributed by atoms with van der Waals surface area (Å²) in [6.07, 6.45) is 3.44. The van der Waals surface area contributed by atoms with E-state index in [1.54, 1.807) is 0 Å². The highest BCUT2D eigenvalue weighted by Gasteiger charge is 2.25. The molecule has 1 aliphatic rings. The van der Waals surface area contributed by atoms with Crippen LogP contribution in [0.4, 0.5) is 0 Å². The van der Waals surface area contributed by atoms with Gasteiger partial charge in [0.15, 0.2) is 0 Å². The SMILES string of the molecule is Cc1[nH]c2ccccc2c1C1CCN(CC(C#N)CCC#N)CC1. The van der Waals surface area contributed by atoms with Crippen LogP contribution in [0.5, 0.6) is 0 Å². The Morgan fingerprint density at radius 2 is 2.00 bits per heavy atom. The number of likely N-dealkylation sites (tertiary alicyclic amines) is 1. The monoisotopic (exact) mass is 320 g/mol. The average Bonchev–Trinajstić information content (AvgIpc) is 2.95. The second-order valence-corrected chi connectivity index (χ2v) is 6.81. The molecule has 2 aromatic rings. The van der Waals surface area contributed by atoms with Crippen LogP contribution in [0.1, 0.15) is 42.9 Å². The lowest BCUT2D eigenvalue weighted by atomic mass is 9.87. The molecule has 1 saturated heterocycles. The van der Waals surface area contributed by atoms with Crippen LogP contribution < -0.4 is 0 Å². The van der Waals surface area contributed by atoms with Gasteiger partial charge in [-0.05, 0) is 56.8 Å². The van der Waals surface area contributed by atoms with Crippen molar-refractivity contribution in [1.29, 1.82) is 10.5 Å². The molecule has 0 bridgehead atoms. The van der Waals surface area contributed by atoms with Gasteiger partial charge < -0.3 is 9.88 Å². The predicted molar refractivity (Wildman–Crippen MR) is 95.4 cm³/mol. The second kappa shape index (κ2) is 7.51. The Hall–Kier alpha value is -2.30. The molecule has 0 spiro atoms. The molecule has 4 heteroatoms. The Balaban J connectivity index is 1.64. The summed E-state index contributed by atoms with van der Waals surface area (Å²) in [5.74, 6) is 0.577. The number of fused-ring (bicyclic) bond motifs is 1. The van der Waals surface area contributed by atoms with Crippen LogP contribution in [0.25, 0.3) is 10.9 Å². The van der Waals surface area contributed by atoms with Crippen molar-refractivity contribution in [3.05, 3.63) is 35.5 Å². The normalized spacial score (nSPS) is 17.5. The van der Waals surface area contributed by atoms with Crippen LogP contribution >= 0.6 is 0 Å². The number of H-pyrrole nitrogens is 1. The number of hydrogen-bond acceptors (Lipinski definition) is 3. The summed E-state index contributed by atoms with van der Waals surface area (Å²) in [5.41, 5.74) is 4.00. The molecule has 3 rings (SSSR count). The molecule has 1 aliphatic heterocycles. The number of nitrogens with zero attached hydrogens (tertiary/aromatic N) is 3. The maximum Gasteiger partial charge on any atom is 0.0669 e. The van der Waals surface area contributed by atoms with Gasteiger partial charge in [0.2, 0.25) is 0 Å². The lowest BCUT2D eigenvalue weighted by molar-refractivity contribution is 0.194. The third-order valence-corrected chi connectivity index (χ3v) is 5.20. The number of benzene rings is 1. The molecule has 1 aromatic heterocycles. The quantitative estimate of drug-likeness (QED) is 0.902. The van der Waals surface area contributed by atoms with Crippen LogP contribution in [-0.2, 0) is 0 Å². The summed E-state index contributed by atoms with van der Waals surface area (Å²) in [6.45, 7) is 5.05. The topological polar surface area (TPSA) is 66.6 Å². The van der Waals surface area contributed by atoms with E-state index in [9.17, 15) is 5.26 Å². The van der Waals surface area contributed by atoms with E-state index in [2.05, 4.69) is 53.2 Å². The highest BCUT2D eigenvalue weighted by Crippen LogP contribution is 2.35. The van der Waals surface area contributed by atoms with Gasteiger partial charge in [0.05, 0.1) is 18.1 Å². The second-order valence-electron chi connectivity index (χ2n) is 6.81. The molecule has 1 atom stereocenters. The minimum absolute atomic E-state index is 0.0176. The smallest absolute Gasteiger partial charge is 0.0669 e. The average molecular weight is 320 g/mol. The summed E-state index contributed by atoms with van der Waals surface area (Å²) in [7, 11) is 0. The highest BCUT2D eigenvalue weighted by molar-refractivity contribution is 5.85. The Kier molecular flexibility index (Phi) is 5.18. The van der Waals surface area contributed by atoms with Gasteiger partial charge in [0.25, 0.3) is 0 Å². The van der Waals surface area contributed by atoms with Gasteiger partial charge in [-0.3, -0.25) is 0 Å². The Morgan fingerprint density at radius 3 is 2.71 bits per heavy atom. The largest absolute Gasteiger partial charge is 0.358 e. The Labute approximate surface area is 143 Å².